The molecule has 0 aromatic heterocycles. The zero-order chi connectivity index (χ0) is 15.3. The molecule has 0 radical (unpaired) electrons. The van der Waals surface area contributed by atoms with Gasteiger partial charge in [-0.2, -0.15) is 0 Å². The summed E-state index contributed by atoms with van der Waals surface area (Å²) in [5.41, 5.74) is 1.47. The fraction of sp³-hybridized carbons (Fsp3) is 0.300. The minimum absolute atomic E-state index is 0.566. The Morgan fingerprint density at radius 3 is 1.77 bits per heavy atom. The smallest absolute Gasteiger partial charge is 0.301 e. The largest absolute Gasteiger partial charge is 0.312 e. The predicted octanol–water partition coefficient (Wildman–Crippen LogP) is 4.61. The average molecular weight is 310 g/mol. The van der Waals surface area contributed by atoms with Crippen LogP contribution in [0.3, 0.4) is 0 Å². The Balaban J connectivity index is 1.93. The average Bonchev–Trinajstić information content (AvgIpc) is 2.62. The summed E-state index contributed by atoms with van der Waals surface area (Å²) >= 11 is 0. The van der Waals surface area contributed by atoms with E-state index in [9.17, 15) is 0 Å². The molecule has 0 N–H and O–H groups in total. The topological polar surface area (TPSA) is 0 Å². The minimum atomic E-state index is -3.16. The maximum absolute atomic E-state index is 16.1. The van der Waals surface area contributed by atoms with E-state index in [4.69, 9.17) is 0 Å². The molecule has 114 valence electrons. The second kappa shape index (κ2) is 7.06. The van der Waals surface area contributed by atoms with Crippen LogP contribution in [0.15, 0.2) is 72.3 Å². The molecule has 0 atom stereocenters. The summed E-state index contributed by atoms with van der Waals surface area (Å²) in [6.07, 6.45) is 8.40. The molecule has 2 aromatic rings. The van der Waals surface area contributed by atoms with Gasteiger partial charge in [0.15, 0.2) is 0 Å². The molecule has 2 aromatic carbocycles. The van der Waals surface area contributed by atoms with Crippen molar-refractivity contribution in [1.82, 2.24) is 0 Å². The summed E-state index contributed by atoms with van der Waals surface area (Å²) < 4.78 is 16.1. The third-order valence-electron chi connectivity index (χ3n) is 4.63. The highest BCUT2D eigenvalue weighted by atomic mass is 28.4. The molecule has 0 amide bonds. The third kappa shape index (κ3) is 3.38. The molecule has 0 nitrogen and oxygen atoms in total. The van der Waals surface area contributed by atoms with Crippen LogP contribution < -0.4 is 10.4 Å². The second-order valence-corrected chi connectivity index (χ2v) is 9.33. The highest BCUT2D eigenvalue weighted by Gasteiger charge is 2.37. The van der Waals surface area contributed by atoms with Crippen LogP contribution in [0.2, 0.25) is 6.04 Å². The van der Waals surface area contributed by atoms with Crippen LogP contribution in [0.1, 0.15) is 32.1 Å². The van der Waals surface area contributed by atoms with Crippen molar-refractivity contribution in [1.29, 1.82) is 0 Å². The van der Waals surface area contributed by atoms with E-state index in [0.29, 0.717) is 6.04 Å². The van der Waals surface area contributed by atoms with Crippen LogP contribution in [0, 0.1) is 0 Å². The molecule has 0 spiro atoms. The van der Waals surface area contributed by atoms with Gasteiger partial charge >= 0.3 is 8.41 Å². The molecule has 2 heteroatoms. The van der Waals surface area contributed by atoms with Gasteiger partial charge in [-0.15, -0.1) is 0 Å². The maximum atomic E-state index is 16.1. The summed E-state index contributed by atoms with van der Waals surface area (Å²) in [5, 5.41) is 1.77. The number of benzene rings is 2. The van der Waals surface area contributed by atoms with Crippen molar-refractivity contribution in [3.05, 3.63) is 72.3 Å². The third-order valence-corrected chi connectivity index (χ3v) is 7.89. The van der Waals surface area contributed by atoms with Gasteiger partial charge in [-0.1, -0.05) is 78.7 Å². The molecule has 1 saturated carbocycles. The first-order valence-corrected chi connectivity index (χ1v) is 10.4. The first kappa shape index (κ1) is 15.2. The van der Waals surface area contributed by atoms with Crippen LogP contribution >= 0.6 is 0 Å². The fourth-order valence-corrected chi connectivity index (χ4v) is 6.12. The molecular weight excluding hydrogens is 287 g/mol. The molecule has 0 saturated heterocycles. The molecular formula is C20H23FSi. The normalized spacial score (nSPS) is 15.6. The summed E-state index contributed by atoms with van der Waals surface area (Å²) in [4.78, 5) is 0. The van der Waals surface area contributed by atoms with Gasteiger partial charge in [0.25, 0.3) is 0 Å². The zero-order valence-electron chi connectivity index (χ0n) is 13.0. The Morgan fingerprint density at radius 2 is 1.27 bits per heavy atom. The van der Waals surface area contributed by atoms with Gasteiger partial charge in [0.1, 0.15) is 0 Å². The molecule has 1 aliphatic carbocycles. The van der Waals surface area contributed by atoms with E-state index in [2.05, 4.69) is 6.08 Å². The monoisotopic (exact) mass is 310 g/mol. The van der Waals surface area contributed by atoms with E-state index < -0.39 is 8.41 Å². The Hall–Kier alpha value is -1.67. The number of allylic oxidation sites excluding steroid dienone is 2. The molecule has 0 bridgehead atoms. The number of rotatable bonds is 4. The fourth-order valence-electron chi connectivity index (χ4n) is 3.30. The van der Waals surface area contributed by atoms with Crippen LogP contribution in [0.25, 0.3) is 0 Å². The van der Waals surface area contributed by atoms with E-state index in [0.717, 1.165) is 23.2 Å². The Labute approximate surface area is 133 Å². The second-order valence-electron chi connectivity index (χ2n) is 6.16. The molecule has 0 aliphatic heterocycles. The SMILES string of the molecule is F[Si](CC=C1CCCCC1)(c1ccccc1)c1ccccc1. The lowest BCUT2D eigenvalue weighted by Crippen LogP contribution is -2.54. The summed E-state index contributed by atoms with van der Waals surface area (Å²) in [5.74, 6) is 0. The van der Waals surface area contributed by atoms with Gasteiger partial charge in [0, 0.05) is 0 Å². The Bertz CT molecular complexity index is 571. The summed E-state index contributed by atoms with van der Waals surface area (Å²) in [7, 11) is -3.16. The van der Waals surface area contributed by atoms with Crippen molar-refractivity contribution in [2.75, 3.05) is 0 Å². The van der Waals surface area contributed by atoms with Crippen molar-refractivity contribution in [3.63, 3.8) is 0 Å². The zero-order valence-corrected chi connectivity index (χ0v) is 14.0. The van der Waals surface area contributed by atoms with Gasteiger partial charge in [-0.25, -0.2) is 0 Å². The molecule has 0 heterocycles. The van der Waals surface area contributed by atoms with E-state index in [1.54, 1.807) is 0 Å². The lowest BCUT2D eigenvalue weighted by Gasteiger charge is -2.23. The van der Waals surface area contributed by atoms with Gasteiger partial charge in [0.2, 0.25) is 0 Å². The molecule has 1 aliphatic rings. The lowest BCUT2D eigenvalue weighted by molar-refractivity contribution is 0.598. The highest BCUT2D eigenvalue weighted by Crippen LogP contribution is 2.25. The number of hydrogen-bond acceptors (Lipinski definition) is 0. The molecule has 3 rings (SSSR count). The van der Waals surface area contributed by atoms with Gasteiger partial charge in [-0.3, -0.25) is 0 Å². The van der Waals surface area contributed by atoms with Crippen molar-refractivity contribution in [3.8, 4) is 0 Å². The quantitative estimate of drug-likeness (QED) is 0.439. The van der Waals surface area contributed by atoms with Crippen molar-refractivity contribution < 1.29 is 4.11 Å². The first-order chi connectivity index (χ1) is 10.8. The van der Waals surface area contributed by atoms with Gasteiger partial charge in [0.05, 0.1) is 0 Å². The summed E-state index contributed by atoms with van der Waals surface area (Å²) in [6, 6.07) is 20.1. The van der Waals surface area contributed by atoms with Crippen LogP contribution in [-0.4, -0.2) is 8.41 Å². The van der Waals surface area contributed by atoms with Gasteiger partial charge in [-0.05, 0) is 42.1 Å². The van der Waals surface area contributed by atoms with Crippen LogP contribution in [0.4, 0.5) is 4.11 Å². The van der Waals surface area contributed by atoms with E-state index in [1.165, 1.54) is 24.8 Å². The molecule has 0 unspecified atom stereocenters. The minimum Gasteiger partial charge on any atom is -0.301 e. The van der Waals surface area contributed by atoms with Crippen molar-refractivity contribution in [2.24, 2.45) is 0 Å². The summed E-state index contributed by atoms with van der Waals surface area (Å²) in [6.45, 7) is 0. The van der Waals surface area contributed by atoms with Crippen LogP contribution in [0.5, 0.6) is 0 Å². The van der Waals surface area contributed by atoms with Crippen LogP contribution in [-0.2, 0) is 0 Å². The van der Waals surface area contributed by atoms with E-state index in [-0.39, 0.29) is 0 Å². The number of hydrogen-bond donors (Lipinski definition) is 0. The highest BCUT2D eigenvalue weighted by molar-refractivity contribution is 6.97. The first-order valence-electron chi connectivity index (χ1n) is 8.27. The number of halogens is 1. The maximum Gasteiger partial charge on any atom is 0.312 e. The van der Waals surface area contributed by atoms with E-state index in [1.807, 2.05) is 60.7 Å². The Morgan fingerprint density at radius 1 is 0.773 bits per heavy atom. The van der Waals surface area contributed by atoms with Gasteiger partial charge < -0.3 is 4.11 Å². The van der Waals surface area contributed by atoms with Crippen molar-refractivity contribution >= 4 is 18.8 Å². The Kier molecular flexibility index (Phi) is 4.89. The lowest BCUT2D eigenvalue weighted by atomic mass is 9.95. The standard InChI is InChI=1S/C20H23FSi/c21-22(19-12-6-2-7-13-19,20-14-8-3-9-15-20)17-16-18-10-4-1-5-11-18/h2-3,6-9,12-16H,1,4-5,10-11,17H2. The molecule has 22 heavy (non-hydrogen) atoms. The van der Waals surface area contributed by atoms with Crippen molar-refractivity contribution in [2.45, 2.75) is 38.1 Å². The van der Waals surface area contributed by atoms with E-state index >= 15 is 4.11 Å². The molecule has 1 fully saturated rings. The predicted molar refractivity (Wildman–Crippen MR) is 95.0 cm³/mol.